The predicted octanol–water partition coefficient (Wildman–Crippen LogP) is 4.42. The smallest absolute Gasteiger partial charge is 0.191 e. The number of piperidine rings is 1. The second kappa shape index (κ2) is 11.8. The number of fused-ring (bicyclic) bond motifs is 1. The number of rotatable bonds is 7. The molecule has 4 rings (SSSR count). The number of likely N-dealkylation sites (tertiary alicyclic amines) is 1. The molecule has 168 valence electrons. The standard InChI is InChI=1S/C23H32N6S.HI/c1-3-24-23(25-13-12-21-27-18-9-4-5-10-19(18)28-21)26-16-17-8-6-14-29(2)22(17)20-11-7-15-30-20;/h4-5,7,9-11,15,17,22H,3,6,8,12-14,16H2,1-2H3,(H,27,28)(H2,24,25,26);1H. The number of hydrogen-bond acceptors (Lipinski definition) is 4. The van der Waals surface area contributed by atoms with E-state index in [9.17, 15) is 0 Å². The maximum absolute atomic E-state index is 4.95. The Hall–Kier alpha value is -1.65. The second-order valence-corrected chi connectivity index (χ2v) is 8.92. The molecule has 1 fully saturated rings. The van der Waals surface area contributed by atoms with Gasteiger partial charge < -0.3 is 15.6 Å². The molecule has 3 heterocycles. The van der Waals surface area contributed by atoms with Crippen molar-refractivity contribution in [2.45, 2.75) is 32.2 Å². The third-order valence-electron chi connectivity index (χ3n) is 5.76. The van der Waals surface area contributed by atoms with Crippen LogP contribution in [0.1, 0.15) is 36.5 Å². The van der Waals surface area contributed by atoms with Crippen LogP contribution in [0.25, 0.3) is 11.0 Å². The second-order valence-electron chi connectivity index (χ2n) is 7.94. The summed E-state index contributed by atoms with van der Waals surface area (Å²) in [6.45, 7) is 5.77. The van der Waals surface area contributed by atoms with E-state index in [1.807, 2.05) is 29.5 Å². The van der Waals surface area contributed by atoms with Crippen LogP contribution in [-0.4, -0.2) is 54.1 Å². The van der Waals surface area contributed by atoms with E-state index in [2.05, 4.69) is 63.1 Å². The number of aromatic amines is 1. The monoisotopic (exact) mass is 552 g/mol. The van der Waals surface area contributed by atoms with Gasteiger partial charge in [-0.25, -0.2) is 4.98 Å². The molecular weight excluding hydrogens is 519 g/mol. The molecule has 1 aromatic carbocycles. The first kappa shape index (κ1) is 24.0. The molecule has 8 heteroatoms. The molecular formula is C23H33IN6S. The van der Waals surface area contributed by atoms with E-state index in [1.54, 1.807) is 0 Å². The van der Waals surface area contributed by atoms with Crippen LogP contribution in [0.3, 0.4) is 0 Å². The molecule has 2 aromatic heterocycles. The molecule has 2 unspecified atom stereocenters. The number of nitrogens with one attached hydrogen (secondary N) is 3. The first-order valence-electron chi connectivity index (χ1n) is 10.9. The Morgan fingerprint density at radius 1 is 1.26 bits per heavy atom. The van der Waals surface area contributed by atoms with E-state index in [-0.39, 0.29) is 24.0 Å². The number of imidazole rings is 1. The first-order chi connectivity index (χ1) is 14.7. The molecule has 0 bridgehead atoms. The summed E-state index contributed by atoms with van der Waals surface area (Å²) in [5.41, 5.74) is 2.11. The van der Waals surface area contributed by atoms with Crippen molar-refractivity contribution < 1.29 is 0 Å². The Morgan fingerprint density at radius 2 is 2.13 bits per heavy atom. The highest BCUT2D eigenvalue weighted by atomic mass is 127. The van der Waals surface area contributed by atoms with Crippen LogP contribution in [0.4, 0.5) is 0 Å². The molecule has 0 radical (unpaired) electrons. The Morgan fingerprint density at radius 3 is 2.90 bits per heavy atom. The predicted molar refractivity (Wildman–Crippen MR) is 142 cm³/mol. The molecule has 31 heavy (non-hydrogen) atoms. The van der Waals surface area contributed by atoms with Gasteiger partial charge in [0.05, 0.1) is 11.0 Å². The molecule has 3 N–H and O–H groups in total. The number of benzene rings is 1. The fourth-order valence-corrected chi connectivity index (χ4v) is 5.32. The minimum Gasteiger partial charge on any atom is -0.357 e. The van der Waals surface area contributed by atoms with Gasteiger partial charge in [-0.15, -0.1) is 35.3 Å². The number of H-pyrrole nitrogens is 1. The van der Waals surface area contributed by atoms with Crippen LogP contribution in [0.15, 0.2) is 46.8 Å². The Labute approximate surface area is 206 Å². The van der Waals surface area contributed by atoms with E-state index in [1.165, 1.54) is 24.3 Å². The summed E-state index contributed by atoms with van der Waals surface area (Å²) < 4.78 is 0. The lowest BCUT2D eigenvalue weighted by Crippen LogP contribution is -2.40. The van der Waals surface area contributed by atoms with E-state index in [0.29, 0.717) is 12.0 Å². The quantitative estimate of drug-likeness (QED) is 0.231. The van der Waals surface area contributed by atoms with Gasteiger partial charge in [-0.3, -0.25) is 9.89 Å². The van der Waals surface area contributed by atoms with Gasteiger partial charge in [-0.2, -0.15) is 0 Å². The minimum atomic E-state index is 0. The highest BCUT2D eigenvalue weighted by molar-refractivity contribution is 14.0. The van der Waals surface area contributed by atoms with Gasteiger partial charge in [-0.05, 0) is 62.9 Å². The van der Waals surface area contributed by atoms with Gasteiger partial charge in [0.1, 0.15) is 5.82 Å². The molecule has 0 aliphatic carbocycles. The van der Waals surface area contributed by atoms with Gasteiger partial charge >= 0.3 is 0 Å². The van der Waals surface area contributed by atoms with Gasteiger partial charge in [0.15, 0.2) is 5.96 Å². The number of guanidine groups is 1. The number of aromatic nitrogens is 2. The SMILES string of the molecule is CCNC(=NCC1CCCN(C)C1c1cccs1)NCCc1nc2ccccc2[nH]1.I. The van der Waals surface area contributed by atoms with Crippen molar-refractivity contribution in [1.82, 2.24) is 25.5 Å². The number of para-hydroxylation sites is 2. The van der Waals surface area contributed by atoms with Gasteiger partial charge in [0.2, 0.25) is 0 Å². The zero-order valence-electron chi connectivity index (χ0n) is 18.3. The lowest BCUT2D eigenvalue weighted by Gasteiger charge is -2.38. The van der Waals surface area contributed by atoms with Crippen molar-refractivity contribution in [3.8, 4) is 0 Å². The maximum atomic E-state index is 4.95. The average Bonchev–Trinajstić information content (AvgIpc) is 3.41. The van der Waals surface area contributed by atoms with E-state index in [4.69, 9.17) is 4.99 Å². The molecule has 1 aliphatic heterocycles. The zero-order valence-corrected chi connectivity index (χ0v) is 21.5. The summed E-state index contributed by atoms with van der Waals surface area (Å²) >= 11 is 1.86. The van der Waals surface area contributed by atoms with Crippen LogP contribution >= 0.6 is 35.3 Å². The fraction of sp³-hybridized carbons (Fsp3) is 0.478. The fourth-order valence-electron chi connectivity index (χ4n) is 4.33. The molecule has 1 aliphatic rings. The number of thiophene rings is 1. The lowest BCUT2D eigenvalue weighted by molar-refractivity contribution is 0.128. The van der Waals surface area contributed by atoms with E-state index >= 15 is 0 Å². The van der Waals surface area contributed by atoms with Crippen LogP contribution in [0.5, 0.6) is 0 Å². The summed E-state index contributed by atoms with van der Waals surface area (Å²) in [5, 5.41) is 9.06. The van der Waals surface area contributed by atoms with Crippen LogP contribution in [0, 0.1) is 5.92 Å². The largest absolute Gasteiger partial charge is 0.357 e. The van der Waals surface area contributed by atoms with Crippen LogP contribution in [-0.2, 0) is 6.42 Å². The maximum Gasteiger partial charge on any atom is 0.191 e. The third kappa shape index (κ3) is 6.20. The molecule has 2 atom stereocenters. The summed E-state index contributed by atoms with van der Waals surface area (Å²) in [6.07, 6.45) is 3.31. The highest BCUT2D eigenvalue weighted by Crippen LogP contribution is 2.37. The molecule has 0 spiro atoms. The minimum absolute atomic E-state index is 0. The molecule has 1 saturated heterocycles. The summed E-state index contributed by atoms with van der Waals surface area (Å²) in [5.74, 6) is 2.45. The van der Waals surface area contributed by atoms with E-state index in [0.717, 1.165) is 48.9 Å². The van der Waals surface area contributed by atoms with Crippen LogP contribution < -0.4 is 10.6 Å². The zero-order chi connectivity index (χ0) is 20.8. The van der Waals surface area contributed by atoms with Crippen molar-refractivity contribution in [2.75, 3.05) is 33.2 Å². The number of halogens is 1. The Balaban J connectivity index is 0.00000272. The molecule has 3 aromatic rings. The van der Waals surface area contributed by atoms with Gasteiger partial charge in [0.25, 0.3) is 0 Å². The topological polar surface area (TPSA) is 68.3 Å². The molecule has 6 nitrogen and oxygen atoms in total. The first-order valence-corrected chi connectivity index (χ1v) is 11.8. The lowest BCUT2D eigenvalue weighted by atomic mass is 9.88. The number of aliphatic imine (C=N–C) groups is 1. The number of hydrogen-bond donors (Lipinski definition) is 3. The summed E-state index contributed by atoms with van der Waals surface area (Å²) in [7, 11) is 2.25. The van der Waals surface area contributed by atoms with Crippen molar-refractivity contribution in [1.29, 1.82) is 0 Å². The summed E-state index contributed by atoms with van der Waals surface area (Å²) in [6, 6.07) is 13.1. The van der Waals surface area contributed by atoms with Crippen molar-refractivity contribution in [2.24, 2.45) is 10.9 Å². The van der Waals surface area contributed by atoms with E-state index < -0.39 is 0 Å². The highest BCUT2D eigenvalue weighted by Gasteiger charge is 2.31. The number of nitrogens with zero attached hydrogens (tertiary/aromatic N) is 3. The Kier molecular flexibility index (Phi) is 9.15. The average molecular weight is 553 g/mol. The van der Waals surface area contributed by atoms with Gasteiger partial charge in [-0.1, -0.05) is 18.2 Å². The van der Waals surface area contributed by atoms with Crippen LogP contribution in [0.2, 0.25) is 0 Å². The van der Waals surface area contributed by atoms with Gasteiger partial charge in [0, 0.05) is 37.0 Å². The molecule has 0 amide bonds. The van der Waals surface area contributed by atoms with Crippen molar-refractivity contribution in [3.05, 3.63) is 52.5 Å². The third-order valence-corrected chi connectivity index (χ3v) is 6.71. The summed E-state index contributed by atoms with van der Waals surface area (Å²) in [4.78, 5) is 17.0. The van der Waals surface area contributed by atoms with Crippen molar-refractivity contribution >= 4 is 52.3 Å². The normalized spacial score (nSPS) is 19.9. The van der Waals surface area contributed by atoms with Crippen molar-refractivity contribution in [3.63, 3.8) is 0 Å². The molecule has 0 saturated carbocycles. The Bertz CT molecular complexity index is 921.